The van der Waals surface area contributed by atoms with Crippen LogP contribution in [0.2, 0.25) is 0 Å². The number of rotatable bonds is 6. The van der Waals surface area contributed by atoms with Gasteiger partial charge in [0.25, 0.3) is 15.9 Å². The fraction of sp³-hybridized carbons (Fsp3) is 0.217. The second kappa shape index (κ2) is 10.1. The van der Waals surface area contributed by atoms with Gasteiger partial charge in [0.2, 0.25) is 5.91 Å². The van der Waals surface area contributed by atoms with Gasteiger partial charge in [-0.05, 0) is 36.4 Å². The molecule has 1 aliphatic heterocycles. The van der Waals surface area contributed by atoms with Crippen molar-refractivity contribution < 1.29 is 22.7 Å². The number of nitrogens with two attached hydrogens (primary N) is 1. The molecule has 1 aliphatic rings. The quantitative estimate of drug-likeness (QED) is 0.461. The number of carbonyl (C=O) groups excluding carboxylic acids is 2. The highest BCUT2D eigenvalue weighted by Gasteiger charge is 2.18. The molecule has 11 nitrogen and oxygen atoms in total. The zero-order valence-corrected chi connectivity index (χ0v) is 19.7. The smallest absolute Gasteiger partial charge is 0.278 e. The first-order valence-electron chi connectivity index (χ1n) is 10.7. The minimum absolute atomic E-state index is 0.0413. The van der Waals surface area contributed by atoms with Crippen molar-refractivity contribution in [2.75, 3.05) is 42.3 Å². The lowest BCUT2D eigenvalue weighted by Crippen LogP contribution is -2.36. The van der Waals surface area contributed by atoms with E-state index in [-0.39, 0.29) is 16.4 Å². The summed E-state index contributed by atoms with van der Waals surface area (Å²) in [6.45, 7) is 4.00. The van der Waals surface area contributed by atoms with Gasteiger partial charge in [-0.25, -0.2) is 23.1 Å². The third-order valence-electron chi connectivity index (χ3n) is 5.23. The zero-order chi connectivity index (χ0) is 25.0. The average molecular weight is 497 g/mol. The van der Waals surface area contributed by atoms with Gasteiger partial charge in [-0.15, -0.1) is 0 Å². The third-order valence-corrected chi connectivity index (χ3v) is 6.68. The Kier molecular flexibility index (Phi) is 6.94. The van der Waals surface area contributed by atoms with E-state index in [0.717, 1.165) is 31.3 Å². The summed E-state index contributed by atoms with van der Waals surface area (Å²) >= 11 is 0. The van der Waals surface area contributed by atoms with Gasteiger partial charge in [0, 0.05) is 37.0 Å². The predicted molar refractivity (Wildman–Crippen MR) is 130 cm³/mol. The van der Waals surface area contributed by atoms with Crippen molar-refractivity contribution in [2.45, 2.75) is 11.8 Å². The molecule has 12 heteroatoms. The molecule has 2 aromatic carbocycles. The van der Waals surface area contributed by atoms with Crippen LogP contribution in [0.3, 0.4) is 0 Å². The van der Waals surface area contributed by atoms with Crippen molar-refractivity contribution in [1.29, 1.82) is 0 Å². The van der Waals surface area contributed by atoms with Crippen LogP contribution in [0.4, 0.5) is 17.2 Å². The lowest BCUT2D eigenvalue weighted by atomic mass is 10.1. The number of nitrogens with zero attached hydrogens (tertiary/aromatic N) is 3. The maximum absolute atomic E-state index is 12.9. The summed E-state index contributed by atoms with van der Waals surface area (Å²) in [6.07, 6.45) is 1.51. The Hall–Kier alpha value is -4.03. The molecule has 35 heavy (non-hydrogen) atoms. The van der Waals surface area contributed by atoms with E-state index in [1.807, 2.05) is 29.0 Å². The van der Waals surface area contributed by atoms with Gasteiger partial charge in [0.15, 0.2) is 11.5 Å². The summed E-state index contributed by atoms with van der Waals surface area (Å²) in [6, 6.07) is 13.1. The number of ether oxygens (including phenoxy) is 1. The first-order chi connectivity index (χ1) is 16.7. The number of morpholine rings is 1. The highest BCUT2D eigenvalue weighted by Crippen LogP contribution is 2.25. The number of carbonyl (C=O) groups is 2. The SMILES string of the molecule is CC(=O)NS(=O)(=O)c1ccc(NC(=O)c2nc(-c3cccc(N4CCOCC4)c3)cnc2N)cc1. The summed E-state index contributed by atoms with van der Waals surface area (Å²) in [5.41, 5.74) is 8.46. The molecule has 4 rings (SSSR count). The van der Waals surface area contributed by atoms with Gasteiger partial charge in [-0.1, -0.05) is 12.1 Å². The first kappa shape index (κ1) is 24.1. The molecule has 0 bridgehead atoms. The van der Waals surface area contributed by atoms with Crippen LogP contribution in [0.5, 0.6) is 0 Å². The van der Waals surface area contributed by atoms with Crippen LogP contribution in [0, 0.1) is 0 Å². The number of anilines is 3. The van der Waals surface area contributed by atoms with Crippen molar-refractivity contribution in [2.24, 2.45) is 0 Å². The van der Waals surface area contributed by atoms with E-state index in [4.69, 9.17) is 10.5 Å². The number of nitrogens with one attached hydrogen (secondary N) is 2. The molecule has 4 N–H and O–H groups in total. The van der Waals surface area contributed by atoms with Gasteiger partial charge in [-0.3, -0.25) is 9.59 Å². The fourth-order valence-electron chi connectivity index (χ4n) is 3.54. The molecule has 1 aromatic heterocycles. The molecule has 0 saturated carbocycles. The number of sulfonamides is 1. The van der Waals surface area contributed by atoms with Crippen molar-refractivity contribution in [1.82, 2.24) is 14.7 Å². The number of aromatic nitrogens is 2. The van der Waals surface area contributed by atoms with Crippen molar-refractivity contribution in [3.8, 4) is 11.3 Å². The van der Waals surface area contributed by atoms with Crippen molar-refractivity contribution in [3.05, 3.63) is 60.4 Å². The molecule has 0 spiro atoms. The van der Waals surface area contributed by atoms with Crippen LogP contribution in [-0.2, 0) is 19.6 Å². The van der Waals surface area contributed by atoms with E-state index >= 15 is 0 Å². The molecule has 3 aromatic rings. The number of nitrogen functional groups attached to an aromatic ring is 1. The second-order valence-electron chi connectivity index (χ2n) is 7.78. The van der Waals surface area contributed by atoms with E-state index in [1.165, 1.54) is 30.5 Å². The van der Waals surface area contributed by atoms with Crippen LogP contribution in [0.25, 0.3) is 11.3 Å². The molecular weight excluding hydrogens is 472 g/mol. The lowest BCUT2D eigenvalue weighted by molar-refractivity contribution is -0.117. The van der Waals surface area contributed by atoms with Gasteiger partial charge in [0.1, 0.15) is 0 Å². The van der Waals surface area contributed by atoms with E-state index in [9.17, 15) is 18.0 Å². The molecule has 0 unspecified atom stereocenters. The van der Waals surface area contributed by atoms with Crippen molar-refractivity contribution in [3.63, 3.8) is 0 Å². The Morgan fingerprint density at radius 2 is 1.80 bits per heavy atom. The molecule has 2 heterocycles. The monoisotopic (exact) mass is 496 g/mol. The molecule has 1 saturated heterocycles. The Morgan fingerprint density at radius 3 is 2.49 bits per heavy atom. The third kappa shape index (κ3) is 5.73. The van der Waals surface area contributed by atoms with Crippen LogP contribution < -0.4 is 20.7 Å². The molecule has 0 atom stereocenters. The summed E-state index contributed by atoms with van der Waals surface area (Å²) in [7, 11) is -3.98. The normalized spacial score (nSPS) is 13.8. The molecule has 0 aliphatic carbocycles. The topological polar surface area (TPSA) is 157 Å². The van der Waals surface area contributed by atoms with Crippen LogP contribution in [0.1, 0.15) is 17.4 Å². The average Bonchev–Trinajstić information content (AvgIpc) is 2.84. The molecular formula is C23H24N6O5S. The van der Waals surface area contributed by atoms with Gasteiger partial charge >= 0.3 is 0 Å². The predicted octanol–water partition coefficient (Wildman–Crippen LogP) is 1.64. The Morgan fingerprint density at radius 1 is 1.09 bits per heavy atom. The standard InChI is InChI=1S/C23H24N6O5S/c1-15(30)28-35(32,33)19-7-5-17(6-8-19)26-23(31)21-22(24)25-14-20(27-21)16-3-2-4-18(13-16)29-9-11-34-12-10-29/h2-8,13-14H,9-12H2,1H3,(H2,24,25)(H,26,31)(H,28,30). The number of amides is 2. The van der Waals surface area contributed by atoms with E-state index in [2.05, 4.69) is 20.2 Å². The summed E-state index contributed by atoms with van der Waals surface area (Å²) in [5.74, 6) is -1.34. The Bertz CT molecular complexity index is 1360. The largest absolute Gasteiger partial charge is 0.382 e. The van der Waals surface area contributed by atoms with E-state index in [1.54, 1.807) is 0 Å². The second-order valence-corrected chi connectivity index (χ2v) is 9.46. The Balaban J connectivity index is 1.53. The molecule has 2 amide bonds. The minimum Gasteiger partial charge on any atom is -0.382 e. The fourth-order valence-corrected chi connectivity index (χ4v) is 4.53. The summed E-state index contributed by atoms with van der Waals surface area (Å²) in [4.78, 5) is 34.6. The Labute approximate surface area is 202 Å². The highest BCUT2D eigenvalue weighted by atomic mass is 32.2. The maximum atomic E-state index is 12.9. The van der Waals surface area contributed by atoms with Crippen LogP contribution >= 0.6 is 0 Å². The molecule has 0 radical (unpaired) electrons. The van der Waals surface area contributed by atoms with Crippen molar-refractivity contribution >= 4 is 39.0 Å². The molecule has 1 fully saturated rings. The number of hydrogen-bond donors (Lipinski definition) is 3. The number of benzene rings is 2. The molecule has 182 valence electrons. The van der Waals surface area contributed by atoms with Crippen LogP contribution in [0.15, 0.2) is 59.6 Å². The maximum Gasteiger partial charge on any atom is 0.278 e. The lowest BCUT2D eigenvalue weighted by Gasteiger charge is -2.29. The number of hydrogen-bond acceptors (Lipinski definition) is 9. The summed E-state index contributed by atoms with van der Waals surface area (Å²) in [5, 5.41) is 2.63. The summed E-state index contributed by atoms with van der Waals surface area (Å²) < 4.78 is 31.4. The van der Waals surface area contributed by atoms with Gasteiger partial charge in [-0.2, -0.15) is 0 Å². The first-order valence-corrected chi connectivity index (χ1v) is 12.2. The van der Waals surface area contributed by atoms with E-state index in [0.29, 0.717) is 24.6 Å². The van der Waals surface area contributed by atoms with Gasteiger partial charge < -0.3 is 20.7 Å². The van der Waals surface area contributed by atoms with E-state index < -0.39 is 21.8 Å². The van der Waals surface area contributed by atoms with Gasteiger partial charge in [0.05, 0.1) is 30.0 Å². The minimum atomic E-state index is -3.98. The van der Waals surface area contributed by atoms with Crippen LogP contribution in [-0.4, -0.2) is 56.5 Å². The highest BCUT2D eigenvalue weighted by molar-refractivity contribution is 7.90. The zero-order valence-electron chi connectivity index (χ0n) is 18.9.